The number of rotatable bonds is 6. The standard InChI is InChI=1S/C23H30O6/c1-15(14-22(4)21(25)23(5,26)17(3)29-22)11-9-7-8-10-12-18-16(2)19(27-6)13-20(24)28-18/h7-14,17,21,25-26H,1-6H3/b8-7+,11-9+,12-10+,15-14-/t17-,21+,22+,23+/m1/s1. The highest BCUT2D eigenvalue weighted by Gasteiger charge is 2.55. The van der Waals surface area contributed by atoms with E-state index < -0.39 is 29.0 Å². The van der Waals surface area contributed by atoms with Crippen molar-refractivity contribution < 1.29 is 24.1 Å². The molecule has 0 unspecified atom stereocenters. The Balaban J connectivity index is 2.04. The van der Waals surface area contributed by atoms with Gasteiger partial charge >= 0.3 is 5.63 Å². The Bertz CT molecular complexity index is 902. The maximum Gasteiger partial charge on any atom is 0.339 e. The summed E-state index contributed by atoms with van der Waals surface area (Å²) in [4.78, 5) is 11.5. The highest BCUT2D eigenvalue weighted by molar-refractivity contribution is 5.52. The molecule has 1 aromatic heterocycles. The number of ether oxygens (including phenoxy) is 2. The van der Waals surface area contributed by atoms with E-state index in [4.69, 9.17) is 13.9 Å². The Morgan fingerprint density at radius 1 is 1.24 bits per heavy atom. The molecule has 1 aliphatic heterocycles. The monoisotopic (exact) mass is 402 g/mol. The van der Waals surface area contributed by atoms with E-state index in [0.29, 0.717) is 11.5 Å². The topological polar surface area (TPSA) is 89.1 Å². The van der Waals surface area contributed by atoms with Crippen LogP contribution in [-0.2, 0) is 4.74 Å². The molecule has 0 saturated carbocycles. The number of allylic oxidation sites excluding steroid dienone is 6. The van der Waals surface area contributed by atoms with Crippen molar-refractivity contribution in [1.82, 2.24) is 0 Å². The number of methoxy groups -OCH3 is 1. The van der Waals surface area contributed by atoms with Crippen LogP contribution in [0.15, 0.2) is 57.3 Å². The number of hydrogen-bond acceptors (Lipinski definition) is 6. The third kappa shape index (κ3) is 5.15. The molecule has 2 N–H and O–H groups in total. The zero-order valence-electron chi connectivity index (χ0n) is 17.8. The molecule has 0 amide bonds. The second-order valence-corrected chi connectivity index (χ2v) is 7.69. The van der Waals surface area contributed by atoms with E-state index in [0.717, 1.165) is 11.1 Å². The summed E-state index contributed by atoms with van der Waals surface area (Å²) in [5.41, 5.74) is -1.08. The molecule has 1 fully saturated rings. The molecule has 0 aromatic carbocycles. The summed E-state index contributed by atoms with van der Waals surface area (Å²) in [5.74, 6) is 0.934. The van der Waals surface area contributed by atoms with Gasteiger partial charge in [-0.3, -0.25) is 0 Å². The highest BCUT2D eigenvalue weighted by atomic mass is 16.6. The molecule has 1 aromatic rings. The Kier molecular flexibility index (Phi) is 7.06. The van der Waals surface area contributed by atoms with Crippen molar-refractivity contribution in [3.63, 3.8) is 0 Å². The first kappa shape index (κ1) is 22.9. The second-order valence-electron chi connectivity index (χ2n) is 7.69. The van der Waals surface area contributed by atoms with Crippen LogP contribution in [0, 0.1) is 6.92 Å². The molecule has 1 aliphatic rings. The molecule has 6 nitrogen and oxygen atoms in total. The first-order valence-electron chi connectivity index (χ1n) is 9.49. The minimum Gasteiger partial charge on any atom is -0.496 e. The van der Waals surface area contributed by atoms with Gasteiger partial charge in [0.05, 0.1) is 19.3 Å². The van der Waals surface area contributed by atoms with E-state index >= 15 is 0 Å². The van der Waals surface area contributed by atoms with Crippen molar-refractivity contribution in [3.05, 3.63) is 69.8 Å². The van der Waals surface area contributed by atoms with Crippen LogP contribution in [0.4, 0.5) is 0 Å². The lowest BCUT2D eigenvalue weighted by Gasteiger charge is -2.28. The van der Waals surface area contributed by atoms with Crippen LogP contribution >= 0.6 is 0 Å². The van der Waals surface area contributed by atoms with Gasteiger partial charge in [0.25, 0.3) is 0 Å². The zero-order chi connectivity index (χ0) is 21.8. The largest absolute Gasteiger partial charge is 0.496 e. The van der Waals surface area contributed by atoms with Gasteiger partial charge in [0.2, 0.25) is 0 Å². The van der Waals surface area contributed by atoms with E-state index in [1.807, 2.05) is 38.2 Å². The van der Waals surface area contributed by atoms with Gasteiger partial charge in [-0.2, -0.15) is 0 Å². The summed E-state index contributed by atoms with van der Waals surface area (Å²) < 4.78 is 16.1. The molecule has 2 heterocycles. The maximum atomic E-state index is 11.5. The van der Waals surface area contributed by atoms with Crippen LogP contribution in [0.5, 0.6) is 5.75 Å². The first-order chi connectivity index (χ1) is 13.5. The van der Waals surface area contributed by atoms with Crippen LogP contribution in [-0.4, -0.2) is 40.7 Å². The fourth-order valence-electron chi connectivity index (χ4n) is 3.38. The van der Waals surface area contributed by atoms with Crippen LogP contribution in [0.2, 0.25) is 0 Å². The maximum absolute atomic E-state index is 11.5. The predicted octanol–water partition coefficient (Wildman–Crippen LogP) is 3.32. The van der Waals surface area contributed by atoms with Crippen LogP contribution in [0.1, 0.15) is 39.0 Å². The number of hydrogen-bond donors (Lipinski definition) is 2. The van der Waals surface area contributed by atoms with E-state index in [1.165, 1.54) is 13.2 Å². The normalized spacial score (nSPS) is 30.8. The van der Waals surface area contributed by atoms with E-state index in [1.54, 1.807) is 39.0 Å². The molecule has 0 bridgehead atoms. The van der Waals surface area contributed by atoms with Gasteiger partial charge in [-0.25, -0.2) is 4.79 Å². The van der Waals surface area contributed by atoms with Gasteiger partial charge in [-0.05, 0) is 46.8 Å². The molecular formula is C23H30O6. The summed E-state index contributed by atoms with van der Waals surface area (Å²) in [6.07, 6.45) is 11.1. The van der Waals surface area contributed by atoms with Gasteiger partial charge in [0.1, 0.15) is 28.8 Å². The van der Waals surface area contributed by atoms with Crippen molar-refractivity contribution in [2.75, 3.05) is 7.11 Å². The molecule has 4 atom stereocenters. The SMILES string of the molecule is COc1cc(=O)oc(/C=C/C=C/C=C/C(C)=C\[C@]2(C)O[C@H](C)[C@](C)(O)[C@H]2O)c1C. The fourth-order valence-corrected chi connectivity index (χ4v) is 3.38. The summed E-state index contributed by atoms with van der Waals surface area (Å²) in [5, 5.41) is 20.8. The number of aliphatic hydroxyl groups is 2. The first-order valence-corrected chi connectivity index (χ1v) is 9.49. The van der Waals surface area contributed by atoms with Gasteiger partial charge in [-0.1, -0.05) is 36.0 Å². The lowest BCUT2D eigenvalue weighted by Crippen LogP contribution is -2.47. The molecule has 29 heavy (non-hydrogen) atoms. The summed E-state index contributed by atoms with van der Waals surface area (Å²) in [6.45, 7) is 8.79. The smallest absolute Gasteiger partial charge is 0.339 e. The third-order valence-corrected chi connectivity index (χ3v) is 5.22. The Morgan fingerprint density at radius 2 is 1.90 bits per heavy atom. The third-order valence-electron chi connectivity index (χ3n) is 5.22. The van der Waals surface area contributed by atoms with Crippen molar-refractivity contribution in [1.29, 1.82) is 0 Å². The molecule has 1 saturated heterocycles. The fraction of sp³-hybridized carbons (Fsp3) is 0.435. The van der Waals surface area contributed by atoms with Gasteiger partial charge < -0.3 is 24.1 Å². The van der Waals surface area contributed by atoms with Crippen LogP contribution in [0.25, 0.3) is 6.08 Å². The van der Waals surface area contributed by atoms with Crippen molar-refractivity contribution in [3.8, 4) is 5.75 Å². The van der Waals surface area contributed by atoms with Crippen LogP contribution < -0.4 is 10.4 Å². The zero-order valence-corrected chi connectivity index (χ0v) is 17.8. The Labute approximate surface area is 171 Å². The molecule has 0 spiro atoms. The quantitative estimate of drug-likeness (QED) is 0.710. The van der Waals surface area contributed by atoms with Crippen molar-refractivity contribution in [2.24, 2.45) is 0 Å². The summed E-state index contributed by atoms with van der Waals surface area (Å²) in [6, 6.07) is 1.31. The van der Waals surface area contributed by atoms with E-state index in [2.05, 4.69) is 0 Å². The lowest BCUT2D eigenvalue weighted by molar-refractivity contribution is -0.0579. The minimum atomic E-state index is -1.30. The number of aliphatic hydroxyl groups excluding tert-OH is 1. The minimum absolute atomic E-state index is 0.445. The van der Waals surface area contributed by atoms with Crippen LogP contribution in [0.3, 0.4) is 0 Å². The molecule has 0 radical (unpaired) electrons. The van der Waals surface area contributed by atoms with E-state index in [9.17, 15) is 15.0 Å². The summed E-state index contributed by atoms with van der Waals surface area (Å²) in [7, 11) is 1.51. The predicted molar refractivity (Wildman–Crippen MR) is 113 cm³/mol. The van der Waals surface area contributed by atoms with Gasteiger partial charge in [0, 0.05) is 5.56 Å². The Hall–Kier alpha value is -2.41. The van der Waals surface area contributed by atoms with Gasteiger partial charge in [0.15, 0.2) is 0 Å². The molecule has 0 aliphatic carbocycles. The van der Waals surface area contributed by atoms with E-state index in [-0.39, 0.29) is 0 Å². The molecule has 158 valence electrons. The summed E-state index contributed by atoms with van der Waals surface area (Å²) >= 11 is 0. The molecule has 2 rings (SSSR count). The average Bonchev–Trinajstić information content (AvgIpc) is 2.79. The van der Waals surface area contributed by atoms with Crippen molar-refractivity contribution >= 4 is 6.08 Å². The molecular weight excluding hydrogens is 372 g/mol. The molecule has 6 heteroatoms. The van der Waals surface area contributed by atoms with Gasteiger partial charge in [-0.15, -0.1) is 0 Å². The highest BCUT2D eigenvalue weighted by Crippen LogP contribution is 2.39. The van der Waals surface area contributed by atoms with Crippen molar-refractivity contribution in [2.45, 2.75) is 58.0 Å². The lowest BCUT2D eigenvalue weighted by atomic mass is 9.86. The Morgan fingerprint density at radius 3 is 2.48 bits per heavy atom. The second kappa shape index (κ2) is 8.95. The average molecular weight is 402 g/mol.